The zero-order chi connectivity index (χ0) is 17.0. The molecule has 0 fully saturated rings. The van der Waals surface area contributed by atoms with Gasteiger partial charge >= 0.3 is 0 Å². The van der Waals surface area contributed by atoms with Gasteiger partial charge in [-0.05, 0) is 48.2 Å². The number of carbonyl (C=O) groups is 1. The lowest BCUT2D eigenvalue weighted by Crippen LogP contribution is -2.16. The van der Waals surface area contributed by atoms with E-state index >= 15 is 0 Å². The van der Waals surface area contributed by atoms with E-state index in [0.29, 0.717) is 10.6 Å². The van der Waals surface area contributed by atoms with E-state index in [2.05, 4.69) is 4.72 Å². The van der Waals surface area contributed by atoms with Crippen LogP contribution >= 0.6 is 11.8 Å². The van der Waals surface area contributed by atoms with Crippen LogP contribution < -0.4 is 4.72 Å². The largest absolute Gasteiger partial charge is 0.339 e. The SMILES string of the molecule is CN(C)C(=O)Sc1cccc(NS(=O)(=O)c2cccc(F)c2)c1. The minimum absolute atomic E-state index is 0.167. The fourth-order valence-corrected chi connectivity index (χ4v) is 3.46. The molecule has 0 aliphatic rings. The molecule has 0 unspecified atom stereocenters. The summed E-state index contributed by atoms with van der Waals surface area (Å²) in [5.74, 6) is -0.631. The molecule has 0 saturated carbocycles. The maximum Gasteiger partial charge on any atom is 0.285 e. The first kappa shape index (κ1) is 17.3. The highest BCUT2D eigenvalue weighted by Crippen LogP contribution is 2.25. The Hall–Kier alpha value is -2.06. The van der Waals surface area contributed by atoms with Gasteiger partial charge in [0, 0.05) is 24.7 Å². The predicted octanol–water partition coefficient (Wildman–Crippen LogP) is 3.40. The first-order chi connectivity index (χ1) is 10.8. The van der Waals surface area contributed by atoms with E-state index < -0.39 is 15.8 Å². The van der Waals surface area contributed by atoms with Crippen LogP contribution in [0.1, 0.15) is 0 Å². The van der Waals surface area contributed by atoms with Gasteiger partial charge in [0.2, 0.25) is 0 Å². The van der Waals surface area contributed by atoms with Crippen LogP contribution in [-0.2, 0) is 10.0 Å². The van der Waals surface area contributed by atoms with Crippen molar-refractivity contribution in [2.75, 3.05) is 18.8 Å². The van der Waals surface area contributed by atoms with E-state index in [1.165, 1.54) is 23.1 Å². The number of sulfonamides is 1. The van der Waals surface area contributed by atoms with Gasteiger partial charge in [-0.2, -0.15) is 0 Å². The maximum absolute atomic E-state index is 13.2. The number of amides is 1. The molecule has 2 aromatic carbocycles. The average molecular weight is 354 g/mol. The fraction of sp³-hybridized carbons (Fsp3) is 0.133. The Morgan fingerprint density at radius 2 is 1.83 bits per heavy atom. The van der Waals surface area contributed by atoms with Crippen LogP contribution in [0.2, 0.25) is 0 Å². The Kier molecular flexibility index (Phi) is 5.27. The van der Waals surface area contributed by atoms with Crippen molar-refractivity contribution in [3.05, 3.63) is 54.3 Å². The van der Waals surface area contributed by atoms with Gasteiger partial charge in [0.15, 0.2) is 0 Å². The van der Waals surface area contributed by atoms with Gasteiger partial charge in [-0.1, -0.05) is 12.1 Å². The van der Waals surface area contributed by atoms with Crippen LogP contribution in [0.25, 0.3) is 0 Å². The molecular formula is C15H15FN2O3S2. The van der Waals surface area contributed by atoms with Crippen LogP contribution in [0.5, 0.6) is 0 Å². The number of nitrogens with one attached hydrogen (secondary N) is 1. The number of hydrogen-bond donors (Lipinski definition) is 1. The summed E-state index contributed by atoms with van der Waals surface area (Å²) < 4.78 is 40.0. The molecule has 0 aliphatic heterocycles. The van der Waals surface area contributed by atoms with Crippen LogP contribution in [-0.4, -0.2) is 32.7 Å². The molecule has 0 saturated heterocycles. The van der Waals surface area contributed by atoms with Crippen molar-refractivity contribution in [3.63, 3.8) is 0 Å². The van der Waals surface area contributed by atoms with Gasteiger partial charge in [0.1, 0.15) is 5.82 Å². The number of benzene rings is 2. The number of carbonyl (C=O) groups excluding carboxylic acids is 1. The molecule has 0 bridgehead atoms. The minimum Gasteiger partial charge on any atom is -0.339 e. The molecule has 0 radical (unpaired) electrons. The number of anilines is 1. The summed E-state index contributed by atoms with van der Waals surface area (Å²) >= 11 is 0.982. The number of nitrogens with zero attached hydrogens (tertiary/aromatic N) is 1. The summed E-state index contributed by atoms with van der Waals surface area (Å²) in [5, 5.41) is -0.171. The van der Waals surface area contributed by atoms with Crippen molar-refractivity contribution in [1.82, 2.24) is 4.90 Å². The van der Waals surface area contributed by atoms with Crippen LogP contribution in [0.3, 0.4) is 0 Å². The molecule has 0 spiro atoms. The van der Waals surface area contributed by atoms with Gasteiger partial charge < -0.3 is 4.90 Å². The summed E-state index contributed by atoms with van der Waals surface area (Å²) in [4.78, 5) is 13.5. The van der Waals surface area contributed by atoms with E-state index in [9.17, 15) is 17.6 Å². The second-order valence-corrected chi connectivity index (χ2v) is 7.56. The van der Waals surface area contributed by atoms with Gasteiger partial charge in [0.25, 0.3) is 15.3 Å². The van der Waals surface area contributed by atoms with Crippen molar-refractivity contribution >= 4 is 32.7 Å². The third-order valence-corrected chi connectivity index (χ3v) is 5.17. The predicted molar refractivity (Wildman–Crippen MR) is 88.6 cm³/mol. The topological polar surface area (TPSA) is 66.5 Å². The van der Waals surface area contributed by atoms with Crippen molar-refractivity contribution in [2.45, 2.75) is 9.79 Å². The first-order valence-corrected chi connectivity index (χ1v) is 8.85. The highest BCUT2D eigenvalue weighted by molar-refractivity contribution is 8.13. The molecule has 122 valence electrons. The monoisotopic (exact) mass is 354 g/mol. The van der Waals surface area contributed by atoms with Crippen LogP contribution in [0.4, 0.5) is 14.9 Å². The zero-order valence-corrected chi connectivity index (χ0v) is 14.1. The molecule has 2 aromatic rings. The second-order valence-electron chi connectivity index (χ2n) is 4.85. The molecule has 2 rings (SSSR count). The van der Waals surface area contributed by atoms with Crippen molar-refractivity contribution in [3.8, 4) is 0 Å². The average Bonchev–Trinajstić information content (AvgIpc) is 2.47. The lowest BCUT2D eigenvalue weighted by atomic mass is 10.3. The van der Waals surface area contributed by atoms with Gasteiger partial charge in [0.05, 0.1) is 4.90 Å². The number of thioether (sulfide) groups is 1. The van der Waals surface area contributed by atoms with Crippen molar-refractivity contribution < 1.29 is 17.6 Å². The van der Waals surface area contributed by atoms with E-state index in [-0.39, 0.29) is 10.1 Å². The Morgan fingerprint density at radius 1 is 1.13 bits per heavy atom. The standard InChI is InChI=1S/C15H15FN2O3S2/c1-18(2)15(19)22-13-7-4-6-12(10-13)17-23(20,21)14-8-3-5-11(16)9-14/h3-10,17H,1-2H3. The smallest absolute Gasteiger partial charge is 0.285 e. The Labute approximate surface area is 138 Å². The normalized spacial score (nSPS) is 11.1. The molecule has 1 N–H and O–H groups in total. The zero-order valence-electron chi connectivity index (χ0n) is 12.5. The van der Waals surface area contributed by atoms with Crippen LogP contribution in [0.15, 0.2) is 58.3 Å². The second kappa shape index (κ2) is 7.01. The minimum atomic E-state index is -3.89. The van der Waals surface area contributed by atoms with Gasteiger partial charge in [-0.3, -0.25) is 9.52 Å². The Morgan fingerprint density at radius 3 is 2.48 bits per heavy atom. The maximum atomic E-state index is 13.2. The Bertz CT molecular complexity index is 823. The van der Waals surface area contributed by atoms with Gasteiger partial charge in [-0.25, -0.2) is 12.8 Å². The molecule has 8 heteroatoms. The molecule has 0 aromatic heterocycles. The summed E-state index contributed by atoms with van der Waals surface area (Å²) in [6.07, 6.45) is 0. The van der Waals surface area contributed by atoms with E-state index in [0.717, 1.165) is 17.8 Å². The molecule has 23 heavy (non-hydrogen) atoms. The summed E-state index contributed by atoms with van der Waals surface area (Å²) in [6.45, 7) is 0. The summed E-state index contributed by atoms with van der Waals surface area (Å²) in [6, 6.07) is 11.2. The lowest BCUT2D eigenvalue weighted by molar-refractivity contribution is 0.241. The molecule has 5 nitrogen and oxygen atoms in total. The summed E-state index contributed by atoms with van der Waals surface area (Å²) in [7, 11) is -0.630. The lowest BCUT2D eigenvalue weighted by Gasteiger charge is -2.11. The van der Waals surface area contributed by atoms with Crippen molar-refractivity contribution in [1.29, 1.82) is 0 Å². The molecule has 1 amide bonds. The number of rotatable bonds is 4. The van der Waals surface area contributed by atoms with E-state index in [1.807, 2.05) is 0 Å². The molecule has 0 heterocycles. The highest BCUT2D eigenvalue weighted by atomic mass is 32.2. The fourth-order valence-electron chi connectivity index (χ4n) is 1.66. The third-order valence-electron chi connectivity index (χ3n) is 2.76. The van der Waals surface area contributed by atoms with E-state index in [1.54, 1.807) is 38.4 Å². The number of hydrogen-bond acceptors (Lipinski definition) is 4. The highest BCUT2D eigenvalue weighted by Gasteiger charge is 2.15. The first-order valence-electron chi connectivity index (χ1n) is 6.55. The molecule has 0 aliphatic carbocycles. The Balaban J connectivity index is 2.21. The van der Waals surface area contributed by atoms with Crippen LogP contribution in [0, 0.1) is 5.82 Å². The summed E-state index contributed by atoms with van der Waals surface area (Å²) in [5.41, 5.74) is 0.297. The van der Waals surface area contributed by atoms with Crippen molar-refractivity contribution in [2.24, 2.45) is 0 Å². The van der Waals surface area contributed by atoms with E-state index in [4.69, 9.17) is 0 Å². The molecular weight excluding hydrogens is 339 g/mol. The quantitative estimate of drug-likeness (QED) is 0.855. The number of halogens is 1. The molecule has 0 atom stereocenters. The van der Waals surface area contributed by atoms with Gasteiger partial charge in [-0.15, -0.1) is 0 Å². The third kappa shape index (κ3) is 4.70.